The summed E-state index contributed by atoms with van der Waals surface area (Å²) in [5, 5.41) is 13.0. The molecule has 0 heterocycles. The molecular weight excluding hydrogens is 296 g/mol. The van der Waals surface area contributed by atoms with Gasteiger partial charge >= 0.3 is 5.97 Å². The first-order chi connectivity index (χ1) is 11.1. The Balaban J connectivity index is 2.03. The molecule has 2 rings (SSSR count). The summed E-state index contributed by atoms with van der Waals surface area (Å²) in [7, 11) is 1.58. The van der Waals surface area contributed by atoms with E-state index in [-0.39, 0.29) is 5.56 Å². The third-order valence-electron chi connectivity index (χ3n) is 3.03. The van der Waals surface area contributed by atoms with Crippen molar-refractivity contribution in [2.45, 2.75) is 6.92 Å². The van der Waals surface area contributed by atoms with E-state index in [1.165, 1.54) is 12.1 Å². The molecule has 0 aliphatic carbocycles. The van der Waals surface area contributed by atoms with Crippen molar-refractivity contribution in [3.05, 3.63) is 53.6 Å². The minimum atomic E-state index is -0.957. The van der Waals surface area contributed by atoms with Crippen LogP contribution in [0.1, 0.15) is 22.8 Å². The Kier molecular flexibility index (Phi) is 5.57. The van der Waals surface area contributed by atoms with E-state index in [1.54, 1.807) is 25.5 Å². The third kappa shape index (κ3) is 4.47. The van der Waals surface area contributed by atoms with Crippen LogP contribution in [0.5, 0.6) is 11.5 Å². The number of carbonyl (C=O) groups is 1. The molecule has 0 aromatic heterocycles. The lowest BCUT2D eigenvalue weighted by molar-refractivity contribution is 0.0697. The number of hydrazone groups is 1. The first kappa shape index (κ1) is 16.4. The maximum absolute atomic E-state index is 10.8. The Morgan fingerprint density at radius 3 is 2.57 bits per heavy atom. The van der Waals surface area contributed by atoms with Gasteiger partial charge in [-0.15, -0.1) is 0 Å². The van der Waals surface area contributed by atoms with Gasteiger partial charge in [-0.05, 0) is 55.0 Å². The van der Waals surface area contributed by atoms with E-state index in [1.807, 2.05) is 25.1 Å². The van der Waals surface area contributed by atoms with Gasteiger partial charge in [-0.1, -0.05) is 0 Å². The van der Waals surface area contributed by atoms with Crippen LogP contribution in [0.2, 0.25) is 0 Å². The van der Waals surface area contributed by atoms with E-state index < -0.39 is 5.97 Å². The number of hydrogen-bond acceptors (Lipinski definition) is 5. The maximum atomic E-state index is 10.8. The lowest BCUT2D eigenvalue weighted by Gasteiger charge is -2.09. The quantitative estimate of drug-likeness (QED) is 0.606. The molecule has 2 N–H and O–H groups in total. The van der Waals surface area contributed by atoms with Crippen LogP contribution < -0.4 is 14.9 Å². The van der Waals surface area contributed by atoms with E-state index >= 15 is 0 Å². The van der Waals surface area contributed by atoms with Gasteiger partial charge in [0, 0.05) is 0 Å². The van der Waals surface area contributed by atoms with Crippen LogP contribution in [0.3, 0.4) is 0 Å². The Bertz CT molecular complexity index is 696. The zero-order valence-corrected chi connectivity index (χ0v) is 12.9. The summed E-state index contributed by atoms with van der Waals surface area (Å²) in [6.07, 6.45) is 1.64. The van der Waals surface area contributed by atoms with Crippen molar-refractivity contribution in [2.75, 3.05) is 19.1 Å². The number of carboxylic acid groups (broad SMARTS) is 1. The molecular formula is C17H18N2O4. The van der Waals surface area contributed by atoms with Crippen LogP contribution in [0, 0.1) is 0 Å². The molecule has 0 aliphatic rings. The summed E-state index contributed by atoms with van der Waals surface area (Å²) in [4.78, 5) is 10.8. The highest BCUT2D eigenvalue weighted by molar-refractivity contribution is 5.88. The fraction of sp³-hybridized carbons (Fsp3) is 0.176. The second-order valence-electron chi connectivity index (χ2n) is 4.60. The molecule has 0 atom stereocenters. The molecule has 0 amide bonds. The lowest BCUT2D eigenvalue weighted by atomic mass is 10.2. The highest BCUT2D eigenvalue weighted by Crippen LogP contribution is 2.27. The molecule has 0 radical (unpaired) electrons. The molecule has 0 unspecified atom stereocenters. The molecule has 2 aromatic rings. The van der Waals surface area contributed by atoms with E-state index in [0.717, 1.165) is 5.56 Å². The van der Waals surface area contributed by atoms with Crippen LogP contribution in [0.25, 0.3) is 0 Å². The van der Waals surface area contributed by atoms with Crippen molar-refractivity contribution >= 4 is 17.9 Å². The molecule has 0 spiro atoms. The van der Waals surface area contributed by atoms with E-state index in [9.17, 15) is 4.79 Å². The van der Waals surface area contributed by atoms with E-state index in [4.69, 9.17) is 14.6 Å². The minimum absolute atomic E-state index is 0.232. The predicted molar refractivity (Wildman–Crippen MR) is 88.8 cm³/mol. The maximum Gasteiger partial charge on any atom is 0.335 e. The second kappa shape index (κ2) is 7.84. The highest BCUT2D eigenvalue weighted by Gasteiger charge is 2.04. The summed E-state index contributed by atoms with van der Waals surface area (Å²) >= 11 is 0. The van der Waals surface area contributed by atoms with Gasteiger partial charge in [-0.2, -0.15) is 5.10 Å². The summed E-state index contributed by atoms with van der Waals surface area (Å²) in [5.41, 5.74) is 4.62. The van der Waals surface area contributed by atoms with E-state index in [0.29, 0.717) is 23.8 Å². The minimum Gasteiger partial charge on any atom is -0.493 e. The molecule has 0 saturated carbocycles. The van der Waals surface area contributed by atoms with Crippen molar-refractivity contribution in [3.8, 4) is 11.5 Å². The van der Waals surface area contributed by atoms with Crippen molar-refractivity contribution in [2.24, 2.45) is 5.10 Å². The smallest absolute Gasteiger partial charge is 0.335 e. The standard InChI is InChI=1S/C17H18N2O4/c1-3-23-15-9-4-12(10-16(15)22-2)11-18-19-14-7-5-13(6-8-14)17(20)21/h4-11,19H,3H2,1-2H3,(H,20,21)/b18-11-. The van der Waals surface area contributed by atoms with Gasteiger partial charge < -0.3 is 14.6 Å². The first-order valence-corrected chi connectivity index (χ1v) is 7.07. The van der Waals surface area contributed by atoms with Crippen molar-refractivity contribution in [3.63, 3.8) is 0 Å². The molecule has 0 aliphatic heterocycles. The van der Waals surface area contributed by atoms with Gasteiger partial charge in [0.1, 0.15) is 0 Å². The highest BCUT2D eigenvalue weighted by atomic mass is 16.5. The van der Waals surface area contributed by atoms with Gasteiger partial charge in [-0.3, -0.25) is 5.43 Å². The molecule has 6 heteroatoms. The molecule has 23 heavy (non-hydrogen) atoms. The van der Waals surface area contributed by atoms with Gasteiger partial charge in [0.15, 0.2) is 11.5 Å². The predicted octanol–water partition coefficient (Wildman–Crippen LogP) is 3.24. The first-order valence-electron chi connectivity index (χ1n) is 7.07. The normalized spacial score (nSPS) is 10.5. The van der Waals surface area contributed by atoms with Gasteiger partial charge in [0.2, 0.25) is 0 Å². The van der Waals surface area contributed by atoms with Crippen molar-refractivity contribution < 1.29 is 19.4 Å². The largest absolute Gasteiger partial charge is 0.493 e. The topological polar surface area (TPSA) is 80.2 Å². The van der Waals surface area contributed by atoms with Gasteiger partial charge in [0.25, 0.3) is 0 Å². The number of carboxylic acids is 1. The van der Waals surface area contributed by atoms with Crippen molar-refractivity contribution in [1.82, 2.24) is 0 Å². The molecule has 0 saturated heterocycles. The number of anilines is 1. The average Bonchev–Trinajstić information content (AvgIpc) is 2.56. The van der Waals surface area contributed by atoms with Crippen LogP contribution >= 0.6 is 0 Å². The Morgan fingerprint density at radius 1 is 1.22 bits per heavy atom. The zero-order valence-electron chi connectivity index (χ0n) is 12.9. The zero-order chi connectivity index (χ0) is 16.7. The van der Waals surface area contributed by atoms with Crippen LogP contribution in [0.4, 0.5) is 5.69 Å². The third-order valence-corrected chi connectivity index (χ3v) is 3.03. The molecule has 0 fully saturated rings. The fourth-order valence-corrected chi connectivity index (χ4v) is 1.91. The molecule has 0 bridgehead atoms. The Morgan fingerprint density at radius 2 is 1.96 bits per heavy atom. The SMILES string of the molecule is CCOc1ccc(/C=N\Nc2ccc(C(=O)O)cc2)cc1OC. The molecule has 120 valence electrons. The molecule has 2 aromatic carbocycles. The number of hydrogen-bond donors (Lipinski definition) is 2. The number of nitrogens with zero attached hydrogens (tertiary/aromatic N) is 1. The summed E-state index contributed by atoms with van der Waals surface area (Å²) in [6.45, 7) is 2.48. The van der Waals surface area contributed by atoms with Crippen LogP contribution in [-0.4, -0.2) is 31.0 Å². The Hall–Kier alpha value is -3.02. The van der Waals surface area contributed by atoms with Crippen molar-refractivity contribution in [1.29, 1.82) is 0 Å². The lowest BCUT2D eigenvalue weighted by Crippen LogP contribution is -1.97. The average molecular weight is 314 g/mol. The number of methoxy groups -OCH3 is 1. The van der Waals surface area contributed by atoms with Crippen LogP contribution in [-0.2, 0) is 0 Å². The van der Waals surface area contributed by atoms with Gasteiger partial charge in [0.05, 0.1) is 31.2 Å². The number of ether oxygens (including phenoxy) is 2. The number of benzene rings is 2. The summed E-state index contributed by atoms with van der Waals surface area (Å²) in [6, 6.07) is 11.8. The summed E-state index contributed by atoms with van der Waals surface area (Å²) < 4.78 is 10.7. The number of rotatable bonds is 7. The Labute approximate surface area is 134 Å². The fourth-order valence-electron chi connectivity index (χ4n) is 1.91. The number of nitrogens with one attached hydrogen (secondary N) is 1. The number of aromatic carboxylic acids is 1. The second-order valence-corrected chi connectivity index (χ2v) is 4.60. The van der Waals surface area contributed by atoms with Crippen LogP contribution in [0.15, 0.2) is 47.6 Å². The van der Waals surface area contributed by atoms with Gasteiger partial charge in [-0.25, -0.2) is 4.79 Å². The molecule has 6 nitrogen and oxygen atoms in total. The summed E-state index contributed by atoms with van der Waals surface area (Å²) in [5.74, 6) is 0.368. The monoisotopic (exact) mass is 314 g/mol. The van der Waals surface area contributed by atoms with E-state index in [2.05, 4.69) is 10.5 Å².